The van der Waals surface area contributed by atoms with Crippen molar-refractivity contribution in [1.82, 2.24) is 4.90 Å². The van der Waals surface area contributed by atoms with Crippen molar-refractivity contribution in [3.63, 3.8) is 0 Å². The SMILES string of the molecule is COc1ccc(CCCOCCCCCN(Cc2ccccc2)CC(O)c2cc(Cl)c(N)c(Cl)c2)cc1. The Morgan fingerprint density at radius 3 is 2.22 bits per heavy atom. The van der Waals surface area contributed by atoms with Crippen LogP contribution >= 0.6 is 23.2 Å². The lowest BCUT2D eigenvalue weighted by Crippen LogP contribution is -2.29. The van der Waals surface area contributed by atoms with Gasteiger partial charge in [-0.3, -0.25) is 4.90 Å². The van der Waals surface area contributed by atoms with Crippen molar-refractivity contribution in [2.75, 3.05) is 39.1 Å². The molecule has 0 fully saturated rings. The molecule has 0 saturated heterocycles. The maximum absolute atomic E-state index is 10.9. The van der Waals surface area contributed by atoms with Crippen molar-refractivity contribution in [2.24, 2.45) is 0 Å². The summed E-state index contributed by atoms with van der Waals surface area (Å²) in [4.78, 5) is 2.27. The van der Waals surface area contributed by atoms with E-state index in [9.17, 15) is 5.11 Å². The molecule has 0 spiro atoms. The number of methoxy groups -OCH3 is 1. The number of aryl methyl sites for hydroxylation is 1. The first kappa shape index (κ1) is 29.3. The molecule has 0 aliphatic heterocycles. The van der Waals surface area contributed by atoms with Crippen molar-refractivity contribution in [1.29, 1.82) is 0 Å². The van der Waals surface area contributed by atoms with Crippen LogP contribution in [0.1, 0.15) is 48.5 Å². The van der Waals surface area contributed by atoms with Gasteiger partial charge in [0, 0.05) is 26.3 Å². The number of halogens is 2. The molecule has 5 nitrogen and oxygen atoms in total. The Kier molecular flexibility index (Phi) is 12.5. The number of aliphatic hydroxyl groups excluding tert-OH is 1. The molecule has 0 aliphatic rings. The molecule has 0 saturated carbocycles. The van der Waals surface area contributed by atoms with Crippen LogP contribution in [0, 0.1) is 0 Å². The van der Waals surface area contributed by atoms with Gasteiger partial charge in [0.2, 0.25) is 0 Å². The highest BCUT2D eigenvalue weighted by molar-refractivity contribution is 6.38. The van der Waals surface area contributed by atoms with Gasteiger partial charge in [0.25, 0.3) is 0 Å². The summed E-state index contributed by atoms with van der Waals surface area (Å²) in [5, 5.41) is 11.6. The minimum absolute atomic E-state index is 0.336. The predicted molar refractivity (Wildman–Crippen MR) is 154 cm³/mol. The normalized spacial score (nSPS) is 12.1. The molecule has 0 bridgehead atoms. The quantitative estimate of drug-likeness (QED) is 0.151. The molecule has 37 heavy (non-hydrogen) atoms. The van der Waals surface area contributed by atoms with Crippen LogP contribution in [0.15, 0.2) is 66.7 Å². The highest BCUT2D eigenvalue weighted by Gasteiger charge is 2.16. The number of rotatable bonds is 16. The van der Waals surface area contributed by atoms with Crippen LogP contribution in [-0.4, -0.2) is 43.4 Å². The van der Waals surface area contributed by atoms with Gasteiger partial charge in [-0.05, 0) is 79.6 Å². The molecule has 1 atom stereocenters. The van der Waals surface area contributed by atoms with Gasteiger partial charge >= 0.3 is 0 Å². The number of nitrogens with zero attached hydrogens (tertiary/aromatic N) is 1. The molecule has 0 radical (unpaired) electrons. The predicted octanol–water partition coefficient (Wildman–Crippen LogP) is 6.94. The van der Waals surface area contributed by atoms with E-state index in [1.165, 1.54) is 11.1 Å². The lowest BCUT2D eigenvalue weighted by atomic mass is 10.1. The summed E-state index contributed by atoms with van der Waals surface area (Å²) >= 11 is 12.4. The third-order valence-corrected chi connectivity index (χ3v) is 6.97. The minimum Gasteiger partial charge on any atom is -0.497 e. The van der Waals surface area contributed by atoms with Gasteiger partial charge in [-0.15, -0.1) is 0 Å². The topological polar surface area (TPSA) is 68.0 Å². The molecule has 0 aliphatic carbocycles. The monoisotopic (exact) mass is 544 g/mol. The molecule has 0 heterocycles. The largest absolute Gasteiger partial charge is 0.497 e. The van der Waals surface area contributed by atoms with E-state index < -0.39 is 6.10 Å². The van der Waals surface area contributed by atoms with E-state index in [4.69, 9.17) is 38.4 Å². The maximum atomic E-state index is 10.9. The fourth-order valence-corrected chi connectivity index (χ4v) is 4.72. The maximum Gasteiger partial charge on any atom is 0.118 e. The van der Waals surface area contributed by atoms with E-state index in [0.29, 0.717) is 27.8 Å². The van der Waals surface area contributed by atoms with Crippen LogP contribution in [0.5, 0.6) is 5.75 Å². The molecule has 0 amide bonds. The Balaban J connectivity index is 1.39. The van der Waals surface area contributed by atoms with Crippen molar-refractivity contribution < 1.29 is 14.6 Å². The van der Waals surface area contributed by atoms with Gasteiger partial charge in [0.15, 0.2) is 0 Å². The zero-order valence-corrected chi connectivity index (χ0v) is 23.1. The number of nitrogens with two attached hydrogens (primary N) is 1. The van der Waals surface area contributed by atoms with Crippen molar-refractivity contribution in [3.8, 4) is 5.75 Å². The van der Waals surface area contributed by atoms with Gasteiger partial charge in [-0.1, -0.05) is 65.7 Å². The second-order valence-corrected chi connectivity index (χ2v) is 10.1. The van der Waals surface area contributed by atoms with E-state index in [0.717, 1.165) is 64.2 Å². The van der Waals surface area contributed by atoms with Crippen LogP contribution in [0.2, 0.25) is 10.0 Å². The lowest BCUT2D eigenvalue weighted by Gasteiger charge is -2.26. The Hall–Kier alpha value is -2.28. The van der Waals surface area contributed by atoms with Crippen LogP contribution in [-0.2, 0) is 17.7 Å². The van der Waals surface area contributed by atoms with Gasteiger partial charge in [0.1, 0.15) is 5.75 Å². The summed E-state index contributed by atoms with van der Waals surface area (Å²) < 4.78 is 11.0. The van der Waals surface area contributed by atoms with E-state index >= 15 is 0 Å². The van der Waals surface area contributed by atoms with Crippen molar-refractivity contribution in [2.45, 2.75) is 44.8 Å². The third-order valence-electron chi connectivity index (χ3n) is 6.34. The van der Waals surface area contributed by atoms with Gasteiger partial charge in [0.05, 0.1) is 28.9 Å². The van der Waals surface area contributed by atoms with E-state index in [2.05, 4.69) is 29.2 Å². The van der Waals surface area contributed by atoms with Crippen molar-refractivity contribution in [3.05, 3.63) is 93.5 Å². The van der Waals surface area contributed by atoms with Crippen LogP contribution in [0.3, 0.4) is 0 Å². The number of nitrogen functional groups attached to an aromatic ring is 1. The Bertz CT molecular complexity index is 1040. The summed E-state index contributed by atoms with van der Waals surface area (Å²) in [6.45, 7) is 3.65. The van der Waals surface area contributed by atoms with Gasteiger partial charge in [-0.2, -0.15) is 0 Å². The molecule has 7 heteroatoms. The van der Waals surface area contributed by atoms with E-state index in [-0.39, 0.29) is 0 Å². The smallest absolute Gasteiger partial charge is 0.118 e. The van der Waals surface area contributed by atoms with Crippen LogP contribution in [0.4, 0.5) is 5.69 Å². The minimum atomic E-state index is -0.714. The molecule has 3 aromatic carbocycles. The number of unbranched alkanes of at least 4 members (excludes halogenated alkanes) is 2. The fourth-order valence-electron chi connectivity index (χ4n) is 4.21. The number of hydrogen-bond donors (Lipinski definition) is 2. The first-order chi connectivity index (χ1) is 18.0. The number of aliphatic hydroxyl groups is 1. The number of ether oxygens (including phenoxy) is 2. The summed E-state index contributed by atoms with van der Waals surface area (Å²) in [7, 11) is 1.68. The van der Waals surface area contributed by atoms with Crippen LogP contribution < -0.4 is 10.5 Å². The Morgan fingerprint density at radius 2 is 1.54 bits per heavy atom. The zero-order valence-electron chi connectivity index (χ0n) is 21.5. The van der Waals surface area contributed by atoms with E-state index in [1.807, 2.05) is 30.3 Å². The molecular formula is C30H38Cl2N2O3. The van der Waals surface area contributed by atoms with Crippen LogP contribution in [0.25, 0.3) is 0 Å². The fraction of sp³-hybridized carbons (Fsp3) is 0.400. The molecular weight excluding hydrogens is 507 g/mol. The summed E-state index contributed by atoms with van der Waals surface area (Å²) in [5.41, 5.74) is 9.37. The highest BCUT2D eigenvalue weighted by atomic mass is 35.5. The first-order valence-corrected chi connectivity index (χ1v) is 13.6. The molecule has 3 aromatic rings. The number of hydrogen-bond acceptors (Lipinski definition) is 5. The summed E-state index contributed by atoms with van der Waals surface area (Å²) in [5.74, 6) is 0.885. The molecule has 0 aromatic heterocycles. The molecule has 200 valence electrons. The van der Waals surface area contributed by atoms with Crippen molar-refractivity contribution >= 4 is 28.9 Å². The standard InChI is InChI=1S/C30H38Cl2N2O3/c1-36-26-14-12-23(13-15-26)11-8-18-37-17-7-3-6-16-34(21-24-9-4-2-5-10-24)22-29(35)25-19-27(31)30(33)28(32)20-25/h2,4-5,9-10,12-15,19-20,29,35H,3,6-8,11,16-18,21-22,33H2,1H3. The number of benzene rings is 3. The third kappa shape index (κ3) is 10.2. The molecule has 3 N–H and O–H groups in total. The second kappa shape index (κ2) is 15.9. The first-order valence-electron chi connectivity index (χ1n) is 12.9. The zero-order chi connectivity index (χ0) is 26.5. The van der Waals surface area contributed by atoms with E-state index in [1.54, 1.807) is 19.2 Å². The molecule has 3 rings (SSSR count). The Morgan fingerprint density at radius 1 is 0.865 bits per heavy atom. The lowest BCUT2D eigenvalue weighted by molar-refractivity contribution is 0.105. The second-order valence-electron chi connectivity index (χ2n) is 9.26. The highest BCUT2D eigenvalue weighted by Crippen LogP contribution is 2.31. The van der Waals surface area contributed by atoms with Gasteiger partial charge < -0.3 is 20.3 Å². The molecule has 1 unspecified atom stereocenters. The van der Waals surface area contributed by atoms with Gasteiger partial charge in [-0.25, -0.2) is 0 Å². The summed E-state index contributed by atoms with van der Waals surface area (Å²) in [6.07, 6.45) is 4.41. The average molecular weight is 546 g/mol. The summed E-state index contributed by atoms with van der Waals surface area (Å²) in [6, 6.07) is 21.9. The average Bonchev–Trinajstić information content (AvgIpc) is 2.91. The Labute approximate surface area is 231 Å². The number of anilines is 1.